The van der Waals surface area contributed by atoms with E-state index in [2.05, 4.69) is 15.0 Å². The molecule has 0 saturated heterocycles. The molecule has 1 aromatic heterocycles. The van der Waals surface area contributed by atoms with Crippen LogP contribution in [0.3, 0.4) is 0 Å². The number of halogens is 3. The molecule has 7 heteroatoms. The van der Waals surface area contributed by atoms with E-state index in [0.29, 0.717) is 16.8 Å². The number of aryl methyl sites for hydroxylation is 1. The van der Waals surface area contributed by atoms with Crippen molar-refractivity contribution in [3.8, 4) is 5.75 Å². The minimum atomic E-state index is -4.74. The smallest absolute Gasteiger partial charge is 0.406 e. The van der Waals surface area contributed by atoms with E-state index in [1.165, 1.54) is 24.4 Å². The average Bonchev–Trinajstić information content (AvgIpc) is 2.43. The third-order valence-electron chi connectivity index (χ3n) is 2.74. The molecule has 0 aliphatic heterocycles. The molecule has 1 N–H and O–H groups in total. The number of alkyl halides is 3. The summed E-state index contributed by atoms with van der Waals surface area (Å²) in [5.41, 5.74) is 1.64. The lowest BCUT2D eigenvalue weighted by molar-refractivity contribution is -0.274. The summed E-state index contributed by atoms with van der Waals surface area (Å²) in [6.45, 7) is 1.85. The number of rotatable bonds is 4. The zero-order valence-corrected chi connectivity index (χ0v) is 11.6. The molecular formula is C15H13F3N2O2. The van der Waals surface area contributed by atoms with Crippen LogP contribution in [0, 0.1) is 6.92 Å². The summed E-state index contributed by atoms with van der Waals surface area (Å²) in [4.78, 5) is 15.9. The maximum Gasteiger partial charge on any atom is 0.573 e. The molecule has 1 aromatic carbocycles. The highest BCUT2D eigenvalue weighted by Gasteiger charge is 2.31. The van der Waals surface area contributed by atoms with Crippen LogP contribution in [0.4, 0.5) is 13.2 Å². The van der Waals surface area contributed by atoms with E-state index in [9.17, 15) is 18.0 Å². The van der Waals surface area contributed by atoms with Gasteiger partial charge in [0.15, 0.2) is 0 Å². The largest absolute Gasteiger partial charge is 0.573 e. The van der Waals surface area contributed by atoms with E-state index in [0.717, 1.165) is 0 Å². The van der Waals surface area contributed by atoms with E-state index >= 15 is 0 Å². The minimum Gasteiger partial charge on any atom is -0.406 e. The van der Waals surface area contributed by atoms with Gasteiger partial charge in [-0.1, -0.05) is 12.1 Å². The van der Waals surface area contributed by atoms with Crippen molar-refractivity contribution in [3.63, 3.8) is 0 Å². The number of aromatic nitrogens is 1. The highest BCUT2D eigenvalue weighted by Crippen LogP contribution is 2.23. The normalized spacial score (nSPS) is 11.1. The van der Waals surface area contributed by atoms with Crippen molar-refractivity contribution in [2.75, 3.05) is 0 Å². The summed E-state index contributed by atoms with van der Waals surface area (Å²) in [6, 6.07) is 8.64. The molecule has 22 heavy (non-hydrogen) atoms. The van der Waals surface area contributed by atoms with E-state index in [1.54, 1.807) is 25.1 Å². The number of ether oxygens (including phenoxy) is 1. The Morgan fingerprint density at radius 1 is 1.27 bits per heavy atom. The Morgan fingerprint density at radius 3 is 2.73 bits per heavy atom. The van der Waals surface area contributed by atoms with Crippen molar-refractivity contribution in [1.29, 1.82) is 0 Å². The first-order chi connectivity index (χ1) is 10.3. The molecule has 1 heterocycles. The van der Waals surface area contributed by atoms with Gasteiger partial charge in [0.05, 0.1) is 0 Å². The summed E-state index contributed by atoms with van der Waals surface area (Å²) in [7, 11) is 0. The lowest BCUT2D eigenvalue weighted by Gasteiger charge is -2.10. The molecule has 0 radical (unpaired) electrons. The van der Waals surface area contributed by atoms with Gasteiger partial charge in [0, 0.05) is 24.0 Å². The third kappa shape index (κ3) is 4.76. The van der Waals surface area contributed by atoms with E-state index in [-0.39, 0.29) is 18.2 Å². The van der Waals surface area contributed by atoms with E-state index in [4.69, 9.17) is 0 Å². The predicted octanol–water partition coefficient (Wildman–Crippen LogP) is 3.22. The number of carbonyl (C=O) groups excluding carboxylic acids is 1. The molecule has 0 spiro atoms. The zero-order chi connectivity index (χ0) is 16.2. The predicted molar refractivity (Wildman–Crippen MR) is 73.3 cm³/mol. The fourth-order valence-electron chi connectivity index (χ4n) is 1.82. The van der Waals surface area contributed by atoms with Crippen LogP contribution in [0.2, 0.25) is 0 Å². The van der Waals surface area contributed by atoms with E-state index in [1.807, 2.05) is 0 Å². The number of pyridine rings is 1. The fourth-order valence-corrected chi connectivity index (χ4v) is 1.82. The lowest BCUT2D eigenvalue weighted by atomic mass is 10.2. The van der Waals surface area contributed by atoms with Gasteiger partial charge >= 0.3 is 6.36 Å². The van der Waals surface area contributed by atoms with E-state index < -0.39 is 6.36 Å². The van der Waals surface area contributed by atoms with Gasteiger partial charge in [0.25, 0.3) is 5.91 Å². The molecule has 2 rings (SSSR count). The van der Waals surface area contributed by atoms with Gasteiger partial charge < -0.3 is 10.1 Å². The molecule has 1 amide bonds. The molecule has 0 saturated carbocycles. The van der Waals surface area contributed by atoms with Crippen LogP contribution in [-0.2, 0) is 6.54 Å². The number of hydrogen-bond acceptors (Lipinski definition) is 3. The molecule has 0 aliphatic carbocycles. The molecule has 0 unspecified atom stereocenters. The van der Waals surface area contributed by atoms with Gasteiger partial charge in [-0.2, -0.15) is 0 Å². The minimum absolute atomic E-state index is 0.0925. The maximum atomic E-state index is 12.1. The quantitative estimate of drug-likeness (QED) is 0.943. The van der Waals surface area contributed by atoms with Gasteiger partial charge in [-0.05, 0) is 36.8 Å². The maximum absolute atomic E-state index is 12.1. The SMILES string of the molecule is Cc1cc(C(=O)NCc2cccc(OC(F)(F)F)c2)ccn1. The highest BCUT2D eigenvalue weighted by molar-refractivity contribution is 5.94. The van der Waals surface area contributed by atoms with Gasteiger partial charge in [-0.15, -0.1) is 13.2 Å². The summed E-state index contributed by atoms with van der Waals surface area (Å²) in [6.07, 6.45) is -3.22. The number of nitrogens with zero attached hydrogens (tertiary/aromatic N) is 1. The Morgan fingerprint density at radius 2 is 2.05 bits per heavy atom. The van der Waals surface area contributed by atoms with Gasteiger partial charge in [0.1, 0.15) is 5.75 Å². The molecule has 0 fully saturated rings. The molecule has 116 valence electrons. The number of nitrogens with one attached hydrogen (secondary N) is 1. The monoisotopic (exact) mass is 310 g/mol. The first-order valence-corrected chi connectivity index (χ1v) is 6.39. The Kier molecular flexibility index (Phi) is 4.65. The van der Waals surface area contributed by atoms with Gasteiger partial charge in [-0.25, -0.2) is 0 Å². The van der Waals surface area contributed by atoms with Gasteiger partial charge in [-0.3, -0.25) is 9.78 Å². The van der Waals surface area contributed by atoms with Crippen molar-refractivity contribution in [2.45, 2.75) is 19.8 Å². The zero-order valence-electron chi connectivity index (χ0n) is 11.6. The number of carbonyl (C=O) groups is 1. The van der Waals surface area contributed by atoms with Gasteiger partial charge in [0.2, 0.25) is 0 Å². The summed E-state index contributed by atoms with van der Waals surface area (Å²) >= 11 is 0. The van der Waals surface area contributed by atoms with Crippen LogP contribution in [0.25, 0.3) is 0 Å². The second kappa shape index (κ2) is 6.46. The van der Waals surface area contributed by atoms with Crippen LogP contribution in [-0.4, -0.2) is 17.3 Å². The average molecular weight is 310 g/mol. The number of benzene rings is 1. The van der Waals surface area contributed by atoms with Crippen LogP contribution in [0.15, 0.2) is 42.6 Å². The Labute approximate surface area is 124 Å². The molecule has 2 aromatic rings. The van der Waals surface area contributed by atoms with Crippen molar-refractivity contribution < 1.29 is 22.7 Å². The Bertz CT molecular complexity index is 672. The molecule has 0 aliphatic rings. The number of amides is 1. The Hall–Kier alpha value is -2.57. The van der Waals surface area contributed by atoms with Crippen LogP contribution < -0.4 is 10.1 Å². The van der Waals surface area contributed by atoms with Crippen molar-refractivity contribution >= 4 is 5.91 Å². The highest BCUT2D eigenvalue weighted by atomic mass is 19.4. The van der Waals surface area contributed by atoms with Crippen LogP contribution in [0.5, 0.6) is 5.75 Å². The van der Waals surface area contributed by atoms with Crippen LogP contribution in [0.1, 0.15) is 21.6 Å². The van der Waals surface area contributed by atoms with Crippen molar-refractivity contribution in [2.24, 2.45) is 0 Å². The first kappa shape index (κ1) is 15.8. The Balaban J connectivity index is 1.99. The fraction of sp³-hybridized carbons (Fsp3) is 0.200. The summed E-state index contributed by atoms with van der Waals surface area (Å²) < 4.78 is 40.3. The standard InChI is InChI=1S/C15H13F3N2O2/c1-10-7-12(5-6-19-10)14(21)20-9-11-3-2-4-13(8-11)22-15(16,17)18/h2-8H,9H2,1H3,(H,20,21). The molecule has 0 bridgehead atoms. The summed E-state index contributed by atoms with van der Waals surface area (Å²) in [5.74, 6) is -0.647. The molecular weight excluding hydrogens is 297 g/mol. The third-order valence-corrected chi connectivity index (χ3v) is 2.74. The topological polar surface area (TPSA) is 51.2 Å². The van der Waals surface area contributed by atoms with Crippen molar-refractivity contribution in [1.82, 2.24) is 10.3 Å². The van der Waals surface area contributed by atoms with Crippen LogP contribution >= 0.6 is 0 Å². The first-order valence-electron chi connectivity index (χ1n) is 6.39. The molecule has 4 nitrogen and oxygen atoms in total. The second-order valence-electron chi connectivity index (χ2n) is 4.56. The summed E-state index contributed by atoms with van der Waals surface area (Å²) in [5, 5.41) is 2.63. The second-order valence-corrected chi connectivity index (χ2v) is 4.56. The van der Waals surface area contributed by atoms with Crippen molar-refractivity contribution in [3.05, 3.63) is 59.4 Å². The number of hydrogen-bond donors (Lipinski definition) is 1. The molecule has 0 atom stereocenters. The lowest BCUT2D eigenvalue weighted by Crippen LogP contribution is -2.23.